The average molecular weight is 480 g/mol. The second-order valence-electron chi connectivity index (χ2n) is 7.96. The van der Waals surface area contributed by atoms with Gasteiger partial charge in [0, 0.05) is 28.4 Å². The number of fused-ring (bicyclic) bond motifs is 3. The number of thiophene rings is 3. The van der Waals surface area contributed by atoms with Crippen LogP contribution in [-0.2, 0) is 13.7 Å². The summed E-state index contributed by atoms with van der Waals surface area (Å²) >= 11 is 5.13. The minimum Gasteiger partial charge on any atom is -0.444 e. The lowest BCUT2D eigenvalue weighted by Crippen LogP contribution is -2.60. The van der Waals surface area contributed by atoms with Crippen LogP contribution < -0.4 is 14.3 Å². The lowest BCUT2D eigenvalue weighted by molar-refractivity contribution is 0.310. The summed E-state index contributed by atoms with van der Waals surface area (Å²) in [5, 5.41) is 3.61. The summed E-state index contributed by atoms with van der Waals surface area (Å²) in [4.78, 5) is 0. The van der Waals surface area contributed by atoms with Crippen molar-refractivity contribution < 1.29 is 13.7 Å². The Morgan fingerprint density at radius 2 is 0.727 bits per heavy atom. The molecule has 0 atom stereocenters. The first-order chi connectivity index (χ1) is 16.3. The van der Waals surface area contributed by atoms with Gasteiger partial charge in [-0.3, -0.25) is 0 Å². The predicted molar refractivity (Wildman–Crippen MR) is 145 cm³/mol. The lowest BCUT2D eigenvalue weighted by atomic mass is 9.67. The van der Waals surface area contributed by atoms with Crippen LogP contribution in [0.25, 0.3) is 30.3 Å². The largest absolute Gasteiger partial charge is 0.477 e. The van der Waals surface area contributed by atoms with Gasteiger partial charge in [0.2, 0.25) is 0 Å². The van der Waals surface area contributed by atoms with E-state index in [1.807, 2.05) is 0 Å². The zero-order valence-corrected chi connectivity index (χ0v) is 19.8. The van der Waals surface area contributed by atoms with E-state index in [1.54, 1.807) is 34.0 Å². The predicted octanol–water partition coefficient (Wildman–Crippen LogP) is 4.88. The molecule has 156 valence electrons. The van der Waals surface area contributed by atoms with E-state index in [1.165, 1.54) is 30.3 Å². The maximum atomic E-state index is 6.42. The van der Waals surface area contributed by atoms with E-state index >= 15 is 0 Å². The molecule has 7 rings (SSSR count). The van der Waals surface area contributed by atoms with E-state index in [-0.39, 0.29) is 0 Å². The van der Waals surface area contributed by atoms with Crippen molar-refractivity contribution in [3.63, 3.8) is 0 Å². The Hall–Kier alpha value is -2.39. The van der Waals surface area contributed by atoms with Gasteiger partial charge >= 0.3 is 21.4 Å². The van der Waals surface area contributed by atoms with Crippen molar-refractivity contribution in [2.24, 2.45) is 0 Å². The summed E-state index contributed by atoms with van der Waals surface area (Å²) in [6, 6.07) is 31.7. The van der Waals surface area contributed by atoms with Gasteiger partial charge in [0.1, 0.15) is 0 Å². The Morgan fingerprint density at radius 3 is 1.03 bits per heavy atom. The Bertz CT molecular complexity index is 1310. The van der Waals surface area contributed by atoms with Crippen LogP contribution in [0.3, 0.4) is 0 Å². The highest BCUT2D eigenvalue weighted by Crippen LogP contribution is 2.25. The number of hydrogen-bond acceptors (Lipinski definition) is 6. The highest BCUT2D eigenvalue weighted by Gasteiger charge is 2.45. The van der Waals surface area contributed by atoms with Crippen molar-refractivity contribution in [2.75, 3.05) is 0 Å². The van der Waals surface area contributed by atoms with Gasteiger partial charge in [0.05, 0.1) is 0 Å². The molecule has 3 nitrogen and oxygen atoms in total. The molecular weight excluding hydrogens is 465 g/mol. The summed E-state index contributed by atoms with van der Waals surface area (Å²) in [5.41, 5.74) is 0. The van der Waals surface area contributed by atoms with E-state index in [0.717, 1.165) is 14.3 Å². The molecule has 33 heavy (non-hydrogen) atoms. The maximum Gasteiger partial charge on any atom is 0.477 e. The molecule has 3 aromatic carbocycles. The molecule has 0 spiro atoms. The Kier molecular flexibility index (Phi) is 4.93. The highest BCUT2D eigenvalue weighted by molar-refractivity contribution is 7.32. The number of hydrogen-bond donors (Lipinski definition) is 0. The standard InChI is InChI=1S/C24H15B3O3S3/c1-4-10-19-16(7-1)13-22(31-19)25-28-26(23-14-17-8-2-5-11-20(17)32-23)30-27(29-25)24-15-18-9-3-6-12-21(18)33-24/h1-15H. The number of rotatable bonds is 3. The van der Waals surface area contributed by atoms with Crippen LogP contribution in [0.4, 0.5) is 0 Å². The van der Waals surface area contributed by atoms with Gasteiger partial charge in [-0.15, -0.1) is 34.0 Å². The monoisotopic (exact) mass is 480 g/mol. The fourth-order valence-corrected chi connectivity index (χ4v) is 7.31. The molecule has 0 unspecified atom stereocenters. The van der Waals surface area contributed by atoms with Crippen LogP contribution in [0.1, 0.15) is 0 Å². The SMILES string of the molecule is c1ccc2sc(B3OB(c4cc5ccccc5s4)OB(c4cc5ccccc5s4)O3)cc2c1. The molecule has 1 fully saturated rings. The fourth-order valence-electron chi connectivity index (χ4n) is 4.19. The van der Waals surface area contributed by atoms with Crippen molar-refractivity contribution in [3.8, 4) is 0 Å². The van der Waals surface area contributed by atoms with Crippen LogP contribution in [0.5, 0.6) is 0 Å². The lowest BCUT2D eigenvalue weighted by Gasteiger charge is -2.29. The molecule has 6 aromatic rings. The van der Waals surface area contributed by atoms with Crippen LogP contribution in [0, 0.1) is 0 Å². The normalized spacial score (nSPS) is 14.7. The highest BCUT2D eigenvalue weighted by atomic mass is 32.1. The quantitative estimate of drug-likeness (QED) is 0.339. The first-order valence-corrected chi connectivity index (χ1v) is 13.2. The van der Waals surface area contributed by atoms with Crippen molar-refractivity contribution in [1.82, 2.24) is 0 Å². The molecule has 1 aliphatic heterocycles. The molecule has 1 saturated heterocycles. The zero-order valence-electron chi connectivity index (χ0n) is 17.3. The number of benzene rings is 3. The Labute approximate surface area is 204 Å². The molecule has 1 aliphatic rings. The first-order valence-electron chi connectivity index (χ1n) is 10.7. The topological polar surface area (TPSA) is 27.7 Å². The third-order valence-electron chi connectivity index (χ3n) is 5.77. The molecule has 9 heteroatoms. The van der Waals surface area contributed by atoms with Crippen LogP contribution in [0.2, 0.25) is 0 Å². The minimum absolute atomic E-state index is 0.499. The van der Waals surface area contributed by atoms with Gasteiger partial charge in [-0.05, 0) is 52.6 Å². The first kappa shape index (κ1) is 20.0. The average Bonchev–Trinajstić information content (AvgIpc) is 3.59. The molecule has 0 radical (unpaired) electrons. The minimum atomic E-state index is -0.499. The van der Waals surface area contributed by atoms with E-state index in [0.29, 0.717) is 0 Å². The maximum absolute atomic E-state index is 6.42. The van der Waals surface area contributed by atoms with Crippen molar-refractivity contribution in [2.45, 2.75) is 0 Å². The molecule has 0 saturated carbocycles. The zero-order chi connectivity index (χ0) is 21.8. The Balaban J connectivity index is 1.30. The molecular formula is C24H15B3O3S3. The molecule has 0 bridgehead atoms. The second kappa shape index (κ2) is 8.13. The molecule has 0 aliphatic carbocycles. The van der Waals surface area contributed by atoms with Crippen molar-refractivity contribution >= 4 is 100.0 Å². The van der Waals surface area contributed by atoms with Gasteiger partial charge < -0.3 is 13.7 Å². The van der Waals surface area contributed by atoms with E-state index in [2.05, 4.69) is 91.0 Å². The summed E-state index contributed by atoms with van der Waals surface area (Å²) in [7, 11) is -1.50. The van der Waals surface area contributed by atoms with Crippen LogP contribution in [-0.4, -0.2) is 21.4 Å². The van der Waals surface area contributed by atoms with Gasteiger partial charge in [0.25, 0.3) is 0 Å². The summed E-state index contributed by atoms with van der Waals surface area (Å²) in [5.74, 6) is 0. The van der Waals surface area contributed by atoms with E-state index in [4.69, 9.17) is 13.7 Å². The smallest absolute Gasteiger partial charge is 0.444 e. The molecule has 0 N–H and O–H groups in total. The summed E-state index contributed by atoms with van der Waals surface area (Å²) in [6.07, 6.45) is 0. The third kappa shape index (κ3) is 3.65. The summed E-state index contributed by atoms with van der Waals surface area (Å²) < 4.78 is 26.1. The van der Waals surface area contributed by atoms with E-state index < -0.39 is 21.4 Å². The molecule has 3 aromatic heterocycles. The van der Waals surface area contributed by atoms with Gasteiger partial charge in [-0.1, -0.05) is 54.6 Å². The molecule has 4 heterocycles. The molecule has 0 amide bonds. The second-order valence-corrected chi connectivity index (χ2v) is 11.3. The van der Waals surface area contributed by atoms with Gasteiger partial charge in [-0.25, -0.2) is 0 Å². The van der Waals surface area contributed by atoms with Crippen molar-refractivity contribution in [1.29, 1.82) is 0 Å². The van der Waals surface area contributed by atoms with Gasteiger partial charge in [-0.2, -0.15) is 0 Å². The third-order valence-corrected chi connectivity index (χ3v) is 9.19. The van der Waals surface area contributed by atoms with E-state index in [9.17, 15) is 0 Å². The fraction of sp³-hybridized carbons (Fsp3) is 0. The summed E-state index contributed by atoms with van der Waals surface area (Å²) in [6.45, 7) is 0. The Morgan fingerprint density at radius 1 is 0.424 bits per heavy atom. The van der Waals surface area contributed by atoms with Gasteiger partial charge in [0.15, 0.2) is 0 Å². The van der Waals surface area contributed by atoms with Crippen LogP contribution >= 0.6 is 34.0 Å². The van der Waals surface area contributed by atoms with Crippen molar-refractivity contribution in [3.05, 3.63) is 91.0 Å². The van der Waals surface area contributed by atoms with Crippen LogP contribution in [0.15, 0.2) is 91.0 Å².